The Balaban J connectivity index is 3.15. The summed E-state index contributed by atoms with van der Waals surface area (Å²) in [5.74, 6) is -1.25. The van der Waals surface area contributed by atoms with Crippen LogP contribution in [-0.4, -0.2) is 19.7 Å². The number of rotatable bonds is 3. The number of hydrogen-bond acceptors (Lipinski definition) is 4. The summed E-state index contributed by atoms with van der Waals surface area (Å²) in [6.07, 6.45) is 0. The van der Waals surface area contributed by atoms with Crippen LogP contribution in [0.3, 0.4) is 0 Å². The Morgan fingerprint density at radius 3 is 2.67 bits per heavy atom. The molecule has 0 saturated carbocycles. The van der Waals surface area contributed by atoms with Gasteiger partial charge in [-0.25, -0.2) is 9.18 Å². The number of benzene rings is 1. The first-order chi connectivity index (χ1) is 7.10. The van der Waals surface area contributed by atoms with Crippen molar-refractivity contribution in [3.8, 4) is 5.75 Å². The van der Waals surface area contributed by atoms with E-state index in [0.29, 0.717) is 12.4 Å². The summed E-state index contributed by atoms with van der Waals surface area (Å²) in [6.45, 7) is 2.17. The van der Waals surface area contributed by atoms with E-state index < -0.39 is 11.8 Å². The van der Waals surface area contributed by atoms with Crippen molar-refractivity contribution in [1.29, 1.82) is 0 Å². The number of anilines is 1. The van der Waals surface area contributed by atoms with Gasteiger partial charge in [0.15, 0.2) is 0 Å². The topological polar surface area (TPSA) is 61.5 Å². The molecule has 1 aromatic carbocycles. The molecule has 2 N–H and O–H groups in total. The molecule has 4 nitrogen and oxygen atoms in total. The highest BCUT2D eigenvalue weighted by Gasteiger charge is 2.17. The number of ether oxygens (including phenoxy) is 2. The lowest BCUT2D eigenvalue weighted by Crippen LogP contribution is -2.09. The molecule has 0 amide bonds. The molecule has 5 heteroatoms. The second kappa shape index (κ2) is 4.63. The third kappa shape index (κ3) is 2.37. The van der Waals surface area contributed by atoms with Crippen LogP contribution in [0.25, 0.3) is 0 Å². The van der Waals surface area contributed by atoms with Crippen LogP contribution in [0, 0.1) is 5.82 Å². The van der Waals surface area contributed by atoms with Crippen molar-refractivity contribution < 1.29 is 18.7 Å². The van der Waals surface area contributed by atoms with Crippen LogP contribution in [-0.2, 0) is 4.74 Å². The van der Waals surface area contributed by atoms with E-state index in [0.717, 1.165) is 13.2 Å². The van der Waals surface area contributed by atoms with Gasteiger partial charge in [0.05, 0.1) is 19.4 Å². The van der Waals surface area contributed by atoms with E-state index in [1.165, 1.54) is 6.07 Å². The van der Waals surface area contributed by atoms with Crippen LogP contribution >= 0.6 is 0 Å². The lowest BCUT2D eigenvalue weighted by molar-refractivity contribution is 0.0597. The fraction of sp³-hybridized carbons (Fsp3) is 0.300. The number of esters is 1. The summed E-state index contributed by atoms with van der Waals surface area (Å²) in [7, 11) is 1.16. The molecular formula is C10H12FNO3. The average molecular weight is 213 g/mol. The number of methoxy groups -OCH3 is 1. The summed E-state index contributed by atoms with van der Waals surface area (Å²) >= 11 is 0. The Morgan fingerprint density at radius 2 is 2.20 bits per heavy atom. The van der Waals surface area contributed by atoms with Crippen molar-refractivity contribution in [2.45, 2.75) is 6.92 Å². The predicted octanol–water partition coefficient (Wildman–Crippen LogP) is 1.59. The molecule has 15 heavy (non-hydrogen) atoms. The molecule has 0 aliphatic carbocycles. The molecule has 0 fully saturated rings. The smallest absolute Gasteiger partial charge is 0.342 e. The Morgan fingerprint density at radius 1 is 1.53 bits per heavy atom. The Kier molecular flexibility index (Phi) is 3.49. The zero-order valence-corrected chi connectivity index (χ0v) is 8.54. The standard InChI is InChI=1S/C10H12FNO3/c1-3-15-6-4-7(11)9(8(12)5-6)10(13)14-2/h4-5H,3,12H2,1-2H3. The molecule has 0 saturated heterocycles. The number of halogens is 1. The highest BCUT2D eigenvalue weighted by atomic mass is 19.1. The van der Waals surface area contributed by atoms with Crippen molar-refractivity contribution in [1.82, 2.24) is 0 Å². The van der Waals surface area contributed by atoms with Gasteiger partial charge in [0.2, 0.25) is 0 Å². The molecule has 82 valence electrons. The minimum absolute atomic E-state index is 0.00491. The normalized spacial score (nSPS) is 9.80. The van der Waals surface area contributed by atoms with E-state index in [9.17, 15) is 9.18 Å². The molecule has 0 bridgehead atoms. The summed E-state index contributed by atoms with van der Waals surface area (Å²) in [5.41, 5.74) is 5.25. The van der Waals surface area contributed by atoms with Crippen LogP contribution in [0.2, 0.25) is 0 Å². The first-order valence-corrected chi connectivity index (χ1v) is 4.40. The van der Waals surface area contributed by atoms with Crippen molar-refractivity contribution >= 4 is 11.7 Å². The fourth-order valence-electron chi connectivity index (χ4n) is 1.17. The molecule has 0 aromatic heterocycles. The van der Waals surface area contributed by atoms with Gasteiger partial charge >= 0.3 is 5.97 Å². The maximum absolute atomic E-state index is 13.4. The number of hydrogen-bond donors (Lipinski definition) is 1. The predicted molar refractivity (Wildman–Crippen MR) is 53.3 cm³/mol. The number of nitrogen functional groups attached to an aromatic ring is 1. The SMILES string of the molecule is CCOc1cc(N)c(C(=O)OC)c(F)c1. The fourth-order valence-corrected chi connectivity index (χ4v) is 1.17. The largest absolute Gasteiger partial charge is 0.494 e. The molecule has 0 heterocycles. The average Bonchev–Trinajstić information content (AvgIpc) is 2.16. The van der Waals surface area contributed by atoms with Gasteiger partial charge in [0.25, 0.3) is 0 Å². The molecule has 0 radical (unpaired) electrons. The summed E-state index contributed by atoms with van der Waals surface area (Å²) in [5, 5.41) is 0. The quantitative estimate of drug-likeness (QED) is 0.611. The minimum Gasteiger partial charge on any atom is -0.494 e. The minimum atomic E-state index is -0.798. The molecular weight excluding hydrogens is 201 g/mol. The molecule has 1 aromatic rings. The van der Waals surface area contributed by atoms with E-state index in [1.807, 2.05) is 0 Å². The Labute approximate surface area is 86.8 Å². The van der Waals surface area contributed by atoms with Gasteiger partial charge in [0, 0.05) is 12.1 Å². The van der Waals surface area contributed by atoms with E-state index in [4.69, 9.17) is 10.5 Å². The zero-order valence-electron chi connectivity index (χ0n) is 8.54. The van der Waals surface area contributed by atoms with Gasteiger partial charge in [-0.15, -0.1) is 0 Å². The van der Waals surface area contributed by atoms with Crippen LogP contribution in [0.15, 0.2) is 12.1 Å². The molecule has 0 spiro atoms. The van der Waals surface area contributed by atoms with Gasteiger partial charge in [-0.2, -0.15) is 0 Å². The Hall–Kier alpha value is -1.78. The van der Waals surface area contributed by atoms with Gasteiger partial charge in [-0.3, -0.25) is 0 Å². The molecule has 0 aliphatic heterocycles. The first-order valence-electron chi connectivity index (χ1n) is 4.40. The van der Waals surface area contributed by atoms with Crippen LogP contribution in [0.4, 0.5) is 10.1 Å². The second-order valence-electron chi connectivity index (χ2n) is 2.79. The van der Waals surface area contributed by atoms with Gasteiger partial charge in [0.1, 0.15) is 17.1 Å². The van der Waals surface area contributed by atoms with Gasteiger partial charge in [-0.1, -0.05) is 0 Å². The van der Waals surface area contributed by atoms with E-state index >= 15 is 0 Å². The summed E-state index contributed by atoms with van der Waals surface area (Å²) in [6, 6.07) is 2.49. The van der Waals surface area contributed by atoms with Crippen molar-refractivity contribution in [3.05, 3.63) is 23.5 Å². The van der Waals surface area contributed by atoms with Crippen molar-refractivity contribution in [3.63, 3.8) is 0 Å². The molecule has 1 rings (SSSR count). The number of carbonyl (C=O) groups excluding carboxylic acids is 1. The van der Waals surface area contributed by atoms with Crippen LogP contribution in [0.1, 0.15) is 17.3 Å². The summed E-state index contributed by atoms with van der Waals surface area (Å²) in [4.78, 5) is 11.1. The second-order valence-corrected chi connectivity index (χ2v) is 2.79. The third-order valence-electron chi connectivity index (χ3n) is 1.79. The summed E-state index contributed by atoms with van der Waals surface area (Å²) < 4.78 is 22.9. The van der Waals surface area contributed by atoms with Crippen molar-refractivity contribution in [2.24, 2.45) is 0 Å². The maximum Gasteiger partial charge on any atom is 0.342 e. The monoisotopic (exact) mass is 213 g/mol. The lowest BCUT2D eigenvalue weighted by atomic mass is 10.1. The van der Waals surface area contributed by atoms with Crippen LogP contribution < -0.4 is 10.5 Å². The third-order valence-corrected chi connectivity index (χ3v) is 1.79. The highest BCUT2D eigenvalue weighted by molar-refractivity contribution is 5.95. The first kappa shape index (κ1) is 11.3. The molecule has 0 unspecified atom stereocenters. The number of carbonyl (C=O) groups is 1. The molecule has 0 atom stereocenters. The van der Waals surface area contributed by atoms with E-state index in [-0.39, 0.29) is 11.3 Å². The van der Waals surface area contributed by atoms with E-state index in [1.54, 1.807) is 6.92 Å². The number of nitrogens with two attached hydrogens (primary N) is 1. The van der Waals surface area contributed by atoms with Gasteiger partial charge < -0.3 is 15.2 Å². The maximum atomic E-state index is 13.4. The zero-order chi connectivity index (χ0) is 11.4. The Bertz CT molecular complexity index is 356. The van der Waals surface area contributed by atoms with Gasteiger partial charge in [-0.05, 0) is 6.92 Å². The lowest BCUT2D eigenvalue weighted by Gasteiger charge is -2.08. The van der Waals surface area contributed by atoms with Crippen LogP contribution in [0.5, 0.6) is 5.75 Å². The van der Waals surface area contributed by atoms with Crippen molar-refractivity contribution in [2.75, 3.05) is 19.5 Å². The van der Waals surface area contributed by atoms with E-state index in [2.05, 4.69) is 4.74 Å². The highest BCUT2D eigenvalue weighted by Crippen LogP contribution is 2.24. The molecule has 0 aliphatic rings.